The third-order valence-corrected chi connectivity index (χ3v) is 3.12. The molecule has 1 aromatic carbocycles. The first-order chi connectivity index (χ1) is 7.54. The van der Waals surface area contributed by atoms with Gasteiger partial charge in [-0.3, -0.25) is 0 Å². The Hall–Kier alpha value is -1.06. The van der Waals surface area contributed by atoms with E-state index in [2.05, 4.69) is 5.16 Å². The number of hydrogen-bond acceptors (Lipinski definition) is 3. The smallest absolute Gasteiger partial charge is 0.142 e. The fourth-order valence-electron chi connectivity index (χ4n) is 1.80. The molecule has 2 rings (SSSR count). The Labute approximate surface area is 99.7 Å². The fraction of sp³-hybridized carbons (Fsp3) is 0.417. The molecule has 0 radical (unpaired) electrons. The molecule has 1 N–H and O–H groups in total. The molecule has 0 amide bonds. The Morgan fingerprint density at radius 1 is 1.38 bits per heavy atom. The predicted molar refractivity (Wildman–Crippen MR) is 63.7 cm³/mol. The van der Waals surface area contributed by atoms with Crippen molar-refractivity contribution >= 4 is 17.3 Å². The number of aliphatic hydroxyl groups is 1. The second-order valence-corrected chi connectivity index (χ2v) is 4.85. The summed E-state index contributed by atoms with van der Waals surface area (Å²) in [5, 5.41) is 14.1. The largest absolute Gasteiger partial charge is 0.396 e. The summed E-state index contributed by atoms with van der Waals surface area (Å²) in [4.78, 5) is 5.34. The number of halogens is 1. The molecule has 0 fully saturated rings. The van der Waals surface area contributed by atoms with E-state index in [0.29, 0.717) is 5.02 Å². The van der Waals surface area contributed by atoms with Gasteiger partial charge in [-0.2, -0.15) is 0 Å². The number of rotatable bonds is 2. The molecule has 1 atom stereocenters. The van der Waals surface area contributed by atoms with Crippen LogP contribution in [0, 0.1) is 5.92 Å². The number of oxime groups is 1. The van der Waals surface area contributed by atoms with Gasteiger partial charge < -0.3 is 9.94 Å². The number of aliphatic hydroxyl groups excluding tert-OH is 1. The minimum Gasteiger partial charge on any atom is -0.396 e. The van der Waals surface area contributed by atoms with Crippen LogP contribution in [0.25, 0.3) is 0 Å². The SMILES string of the molecule is CC1(C)ON=C(c2ccc(Cl)cc2)C1CO. The van der Waals surface area contributed by atoms with Crippen molar-refractivity contribution in [3.8, 4) is 0 Å². The second kappa shape index (κ2) is 4.07. The highest BCUT2D eigenvalue weighted by Gasteiger charge is 2.41. The van der Waals surface area contributed by atoms with Crippen LogP contribution in [0.2, 0.25) is 5.02 Å². The molecule has 0 saturated carbocycles. The van der Waals surface area contributed by atoms with E-state index in [1.54, 1.807) is 12.1 Å². The highest BCUT2D eigenvalue weighted by atomic mass is 35.5. The van der Waals surface area contributed by atoms with Crippen LogP contribution < -0.4 is 0 Å². The lowest BCUT2D eigenvalue weighted by Crippen LogP contribution is -2.35. The van der Waals surface area contributed by atoms with Crippen molar-refractivity contribution in [3.05, 3.63) is 34.9 Å². The van der Waals surface area contributed by atoms with Crippen molar-refractivity contribution in [3.63, 3.8) is 0 Å². The lowest BCUT2D eigenvalue weighted by Gasteiger charge is -2.23. The van der Waals surface area contributed by atoms with Crippen LogP contribution in [-0.2, 0) is 4.84 Å². The van der Waals surface area contributed by atoms with Gasteiger partial charge in [-0.05, 0) is 31.5 Å². The van der Waals surface area contributed by atoms with Gasteiger partial charge >= 0.3 is 0 Å². The zero-order chi connectivity index (χ0) is 11.8. The van der Waals surface area contributed by atoms with Crippen molar-refractivity contribution in [2.75, 3.05) is 6.61 Å². The number of benzene rings is 1. The fourth-order valence-corrected chi connectivity index (χ4v) is 1.93. The summed E-state index contributed by atoms with van der Waals surface area (Å²) in [7, 11) is 0. The molecule has 86 valence electrons. The Balaban J connectivity index is 2.32. The third kappa shape index (κ3) is 1.93. The van der Waals surface area contributed by atoms with Crippen LogP contribution in [-0.4, -0.2) is 23.0 Å². The van der Waals surface area contributed by atoms with Crippen LogP contribution in [0.5, 0.6) is 0 Å². The highest BCUT2D eigenvalue weighted by molar-refractivity contribution is 6.30. The minimum atomic E-state index is -0.455. The predicted octanol–water partition coefficient (Wildman–Crippen LogP) is 2.46. The van der Waals surface area contributed by atoms with Gasteiger partial charge in [0.15, 0.2) is 0 Å². The quantitative estimate of drug-likeness (QED) is 0.862. The summed E-state index contributed by atoms with van der Waals surface area (Å²) in [6.45, 7) is 3.86. The summed E-state index contributed by atoms with van der Waals surface area (Å²) >= 11 is 5.82. The van der Waals surface area contributed by atoms with Gasteiger partial charge in [0.2, 0.25) is 0 Å². The molecule has 1 aromatic rings. The van der Waals surface area contributed by atoms with Gasteiger partial charge in [0.1, 0.15) is 5.60 Å². The summed E-state index contributed by atoms with van der Waals surface area (Å²) in [6.07, 6.45) is 0. The van der Waals surface area contributed by atoms with Gasteiger partial charge in [0, 0.05) is 5.02 Å². The van der Waals surface area contributed by atoms with E-state index < -0.39 is 5.60 Å². The molecule has 0 bridgehead atoms. The van der Waals surface area contributed by atoms with Gasteiger partial charge in [-0.15, -0.1) is 0 Å². The van der Waals surface area contributed by atoms with E-state index in [9.17, 15) is 5.11 Å². The summed E-state index contributed by atoms with van der Waals surface area (Å²) in [5.74, 6) is -0.103. The zero-order valence-electron chi connectivity index (χ0n) is 9.27. The van der Waals surface area contributed by atoms with E-state index >= 15 is 0 Å². The standard InChI is InChI=1S/C12H14ClNO2/c1-12(2)10(7-15)11(14-16-12)8-3-5-9(13)6-4-8/h3-6,10,15H,7H2,1-2H3. The van der Waals surface area contributed by atoms with E-state index in [1.165, 1.54) is 0 Å². The number of hydrogen-bond donors (Lipinski definition) is 1. The Morgan fingerprint density at radius 2 is 2.00 bits per heavy atom. The first-order valence-corrected chi connectivity index (χ1v) is 5.55. The maximum Gasteiger partial charge on any atom is 0.142 e. The lowest BCUT2D eigenvalue weighted by molar-refractivity contribution is -0.0260. The Kier molecular flexibility index (Phi) is 2.91. The zero-order valence-corrected chi connectivity index (χ0v) is 10.0. The van der Waals surface area contributed by atoms with Crippen LogP contribution in [0.4, 0.5) is 0 Å². The average molecular weight is 240 g/mol. The third-order valence-electron chi connectivity index (χ3n) is 2.87. The second-order valence-electron chi connectivity index (χ2n) is 4.41. The van der Waals surface area contributed by atoms with Gasteiger partial charge in [-0.1, -0.05) is 28.9 Å². The molecule has 4 heteroatoms. The van der Waals surface area contributed by atoms with Crippen LogP contribution in [0.3, 0.4) is 0 Å². The van der Waals surface area contributed by atoms with E-state index in [-0.39, 0.29) is 12.5 Å². The van der Waals surface area contributed by atoms with Crippen LogP contribution in [0.1, 0.15) is 19.4 Å². The van der Waals surface area contributed by atoms with Gasteiger partial charge in [0.25, 0.3) is 0 Å². The van der Waals surface area contributed by atoms with Crippen molar-refractivity contribution in [1.82, 2.24) is 0 Å². The molecule has 1 heterocycles. The van der Waals surface area contributed by atoms with Crippen LogP contribution in [0.15, 0.2) is 29.4 Å². The van der Waals surface area contributed by atoms with E-state index in [1.807, 2.05) is 26.0 Å². The van der Waals surface area contributed by atoms with E-state index in [0.717, 1.165) is 11.3 Å². The molecule has 0 spiro atoms. The normalized spacial score (nSPS) is 22.8. The molecule has 1 unspecified atom stereocenters. The monoisotopic (exact) mass is 239 g/mol. The average Bonchev–Trinajstić information content (AvgIpc) is 2.54. The lowest BCUT2D eigenvalue weighted by atomic mass is 9.85. The van der Waals surface area contributed by atoms with Crippen molar-refractivity contribution in [2.24, 2.45) is 11.1 Å². The van der Waals surface area contributed by atoms with Crippen LogP contribution >= 0.6 is 11.6 Å². The molecule has 0 saturated heterocycles. The molecule has 1 aliphatic heterocycles. The summed E-state index contributed by atoms with van der Waals surface area (Å²) < 4.78 is 0. The van der Waals surface area contributed by atoms with Crippen molar-refractivity contribution < 1.29 is 9.94 Å². The molecular weight excluding hydrogens is 226 g/mol. The number of nitrogens with zero attached hydrogens (tertiary/aromatic N) is 1. The van der Waals surface area contributed by atoms with Crippen molar-refractivity contribution in [2.45, 2.75) is 19.4 Å². The maximum absolute atomic E-state index is 9.40. The Bertz CT molecular complexity index is 412. The minimum absolute atomic E-state index is 0.0223. The first kappa shape index (κ1) is 11.4. The highest BCUT2D eigenvalue weighted by Crippen LogP contribution is 2.32. The first-order valence-electron chi connectivity index (χ1n) is 5.17. The maximum atomic E-state index is 9.40. The van der Waals surface area contributed by atoms with Gasteiger partial charge in [0.05, 0.1) is 18.2 Å². The molecular formula is C12H14ClNO2. The van der Waals surface area contributed by atoms with Gasteiger partial charge in [-0.25, -0.2) is 0 Å². The Morgan fingerprint density at radius 3 is 2.56 bits per heavy atom. The topological polar surface area (TPSA) is 41.8 Å². The molecule has 16 heavy (non-hydrogen) atoms. The molecule has 3 nitrogen and oxygen atoms in total. The van der Waals surface area contributed by atoms with Crippen molar-refractivity contribution in [1.29, 1.82) is 0 Å². The molecule has 0 aromatic heterocycles. The molecule has 0 aliphatic carbocycles. The van der Waals surface area contributed by atoms with E-state index in [4.69, 9.17) is 16.4 Å². The molecule has 1 aliphatic rings. The summed E-state index contributed by atoms with van der Waals surface area (Å²) in [5.41, 5.74) is 1.27. The summed E-state index contributed by atoms with van der Waals surface area (Å²) in [6, 6.07) is 7.38.